The molecule has 5 heteroatoms. The van der Waals surface area contributed by atoms with Crippen LogP contribution in [-0.2, 0) is 0 Å². The van der Waals surface area contributed by atoms with Crippen LogP contribution >= 0.6 is 24.0 Å². The number of hydrogen-bond acceptors (Lipinski definition) is 3. The zero-order chi connectivity index (χ0) is 9.97. The van der Waals surface area contributed by atoms with Crippen LogP contribution in [0.5, 0.6) is 0 Å². The summed E-state index contributed by atoms with van der Waals surface area (Å²) in [5.41, 5.74) is 1.04. The lowest BCUT2D eigenvalue weighted by Gasteiger charge is -1.97. The van der Waals surface area contributed by atoms with E-state index in [9.17, 15) is 0 Å². The summed E-state index contributed by atoms with van der Waals surface area (Å²) in [6.07, 6.45) is 2.05. The number of nitrogens with zero attached hydrogens (tertiary/aromatic N) is 1. The predicted molar refractivity (Wildman–Crippen MR) is 61.0 cm³/mol. The second-order valence-corrected chi connectivity index (χ2v) is 4.01. The minimum Gasteiger partial charge on any atom is -0.282 e. The molecule has 0 amide bonds. The molecular formula is C9H9N3S2. The van der Waals surface area contributed by atoms with E-state index in [1.54, 1.807) is 11.8 Å². The third-order valence-electron chi connectivity index (χ3n) is 1.86. The number of thioether (sulfide) groups is 1. The fourth-order valence-corrected chi connectivity index (χ4v) is 1.71. The van der Waals surface area contributed by atoms with Crippen molar-refractivity contribution in [2.45, 2.75) is 4.90 Å². The van der Waals surface area contributed by atoms with Crippen molar-refractivity contribution in [2.24, 2.45) is 0 Å². The van der Waals surface area contributed by atoms with Crippen LogP contribution in [0.3, 0.4) is 0 Å². The first-order valence-electron chi connectivity index (χ1n) is 4.09. The molecule has 0 bridgehead atoms. The Labute approximate surface area is 91.0 Å². The summed E-state index contributed by atoms with van der Waals surface area (Å²) in [6.45, 7) is 0. The monoisotopic (exact) mass is 223 g/mol. The van der Waals surface area contributed by atoms with Crippen molar-refractivity contribution in [2.75, 3.05) is 6.26 Å². The summed E-state index contributed by atoms with van der Waals surface area (Å²) in [7, 11) is 0. The smallest absolute Gasteiger partial charge is 0.213 e. The Hall–Kier alpha value is -1.07. The largest absolute Gasteiger partial charge is 0.282 e. The van der Waals surface area contributed by atoms with E-state index in [2.05, 4.69) is 33.6 Å². The molecule has 0 aliphatic carbocycles. The van der Waals surface area contributed by atoms with Gasteiger partial charge in [0.2, 0.25) is 4.77 Å². The number of hydrogen-bond donors (Lipinski definition) is 2. The Morgan fingerprint density at radius 1 is 1.21 bits per heavy atom. The molecule has 1 aromatic heterocycles. The molecule has 0 aliphatic heterocycles. The predicted octanol–water partition coefficient (Wildman–Crippen LogP) is 2.86. The Morgan fingerprint density at radius 3 is 2.43 bits per heavy atom. The third-order valence-corrected chi connectivity index (χ3v) is 2.80. The molecule has 0 radical (unpaired) electrons. The van der Waals surface area contributed by atoms with Crippen molar-refractivity contribution in [3.8, 4) is 11.4 Å². The lowest BCUT2D eigenvalue weighted by atomic mass is 10.2. The van der Waals surface area contributed by atoms with Gasteiger partial charge in [-0.05, 0) is 30.6 Å². The van der Waals surface area contributed by atoms with Gasteiger partial charge < -0.3 is 0 Å². The molecular weight excluding hydrogens is 214 g/mol. The highest BCUT2D eigenvalue weighted by Gasteiger charge is 1.99. The summed E-state index contributed by atoms with van der Waals surface area (Å²) < 4.78 is 0.481. The molecule has 0 atom stereocenters. The topological polar surface area (TPSA) is 44.5 Å². The Bertz CT molecular complexity index is 469. The van der Waals surface area contributed by atoms with E-state index in [4.69, 9.17) is 12.2 Å². The fraction of sp³-hybridized carbons (Fsp3) is 0.111. The molecule has 72 valence electrons. The van der Waals surface area contributed by atoms with Crippen LogP contribution in [0.25, 0.3) is 11.4 Å². The van der Waals surface area contributed by atoms with E-state index >= 15 is 0 Å². The van der Waals surface area contributed by atoms with Gasteiger partial charge in [0.25, 0.3) is 0 Å². The summed E-state index contributed by atoms with van der Waals surface area (Å²) in [5.74, 6) is 0.780. The van der Waals surface area contributed by atoms with Gasteiger partial charge in [-0.15, -0.1) is 11.8 Å². The first-order chi connectivity index (χ1) is 6.79. The molecule has 1 aromatic carbocycles. The Kier molecular flexibility index (Phi) is 2.69. The molecule has 0 aliphatic rings. The van der Waals surface area contributed by atoms with Crippen LogP contribution in [0.1, 0.15) is 0 Å². The van der Waals surface area contributed by atoms with Crippen molar-refractivity contribution < 1.29 is 0 Å². The van der Waals surface area contributed by atoms with Crippen molar-refractivity contribution in [3.63, 3.8) is 0 Å². The van der Waals surface area contributed by atoms with Gasteiger partial charge in [-0.1, -0.05) is 12.1 Å². The molecule has 14 heavy (non-hydrogen) atoms. The number of nitrogens with one attached hydrogen (secondary N) is 2. The first kappa shape index (κ1) is 9.48. The van der Waals surface area contributed by atoms with Crippen LogP contribution in [0.4, 0.5) is 0 Å². The first-order valence-corrected chi connectivity index (χ1v) is 5.72. The van der Waals surface area contributed by atoms with Crippen molar-refractivity contribution in [1.29, 1.82) is 0 Å². The molecule has 2 rings (SSSR count). The summed E-state index contributed by atoms with van der Waals surface area (Å²) in [5, 5.41) is 5.68. The molecule has 2 N–H and O–H groups in total. The van der Waals surface area contributed by atoms with E-state index < -0.39 is 0 Å². The van der Waals surface area contributed by atoms with E-state index in [0.717, 1.165) is 11.4 Å². The van der Waals surface area contributed by atoms with E-state index in [1.165, 1.54) is 4.90 Å². The van der Waals surface area contributed by atoms with Gasteiger partial charge >= 0.3 is 0 Å². The summed E-state index contributed by atoms with van der Waals surface area (Å²) >= 11 is 6.60. The highest BCUT2D eigenvalue weighted by atomic mass is 32.2. The normalized spacial score (nSPS) is 10.4. The maximum Gasteiger partial charge on any atom is 0.213 e. The lowest BCUT2D eigenvalue weighted by molar-refractivity contribution is 1.08. The molecule has 0 unspecified atom stereocenters. The zero-order valence-electron chi connectivity index (χ0n) is 7.57. The molecule has 0 saturated carbocycles. The molecule has 0 fully saturated rings. The van der Waals surface area contributed by atoms with Crippen molar-refractivity contribution in [3.05, 3.63) is 29.0 Å². The third kappa shape index (κ3) is 1.88. The second-order valence-electron chi connectivity index (χ2n) is 2.74. The lowest BCUT2D eigenvalue weighted by Crippen LogP contribution is -1.80. The van der Waals surface area contributed by atoms with Crippen LogP contribution in [0.15, 0.2) is 29.2 Å². The number of aromatic nitrogens is 3. The fourth-order valence-electron chi connectivity index (χ4n) is 1.16. The van der Waals surface area contributed by atoms with Crippen LogP contribution in [0, 0.1) is 4.77 Å². The van der Waals surface area contributed by atoms with Gasteiger partial charge in [0.15, 0.2) is 5.82 Å². The number of benzene rings is 1. The van der Waals surface area contributed by atoms with Gasteiger partial charge in [-0.25, -0.2) is 0 Å². The molecule has 1 heterocycles. The number of rotatable bonds is 2. The van der Waals surface area contributed by atoms with Crippen LogP contribution in [-0.4, -0.2) is 21.4 Å². The Balaban J connectivity index is 2.38. The minimum absolute atomic E-state index is 0.481. The van der Waals surface area contributed by atoms with Gasteiger partial charge in [0, 0.05) is 10.5 Å². The average Bonchev–Trinajstić information content (AvgIpc) is 2.65. The summed E-state index contributed by atoms with van der Waals surface area (Å²) in [4.78, 5) is 5.37. The van der Waals surface area contributed by atoms with Gasteiger partial charge in [-0.3, -0.25) is 10.2 Å². The maximum absolute atomic E-state index is 4.88. The number of H-pyrrole nitrogens is 2. The van der Waals surface area contributed by atoms with Crippen molar-refractivity contribution in [1.82, 2.24) is 15.2 Å². The van der Waals surface area contributed by atoms with Gasteiger partial charge in [0.1, 0.15) is 0 Å². The quantitative estimate of drug-likeness (QED) is 0.608. The average molecular weight is 223 g/mol. The molecule has 0 spiro atoms. The van der Waals surface area contributed by atoms with E-state index in [-0.39, 0.29) is 0 Å². The minimum atomic E-state index is 0.481. The summed E-state index contributed by atoms with van der Waals surface area (Å²) in [6, 6.07) is 8.16. The highest BCUT2D eigenvalue weighted by Crippen LogP contribution is 2.19. The van der Waals surface area contributed by atoms with Crippen molar-refractivity contribution >= 4 is 24.0 Å². The van der Waals surface area contributed by atoms with Crippen LogP contribution < -0.4 is 0 Å². The molecule has 0 saturated heterocycles. The zero-order valence-corrected chi connectivity index (χ0v) is 9.21. The molecule has 3 nitrogen and oxygen atoms in total. The SMILES string of the molecule is CSc1ccc(-c2nc(=S)[nH][nH]2)cc1. The molecule has 2 aromatic rings. The van der Waals surface area contributed by atoms with Crippen LogP contribution in [0.2, 0.25) is 0 Å². The highest BCUT2D eigenvalue weighted by molar-refractivity contribution is 7.98. The van der Waals surface area contributed by atoms with E-state index in [0.29, 0.717) is 4.77 Å². The standard InChI is InChI=1S/C9H9N3S2/c1-14-7-4-2-6(3-5-7)8-10-9(13)12-11-8/h2-5H,1H3,(H2,10,11,12,13). The van der Waals surface area contributed by atoms with Gasteiger partial charge in [-0.2, -0.15) is 4.98 Å². The van der Waals surface area contributed by atoms with E-state index in [1.807, 2.05) is 12.1 Å². The second kappa shape index (κ2) is 3.98. The maximum atomic E-state index is 4.88. The Morgan fingerprint density at radius 2 is 1.93 bits per heavy atom. The number of aromatic amines is 2. The van der Waals surface area contributed by atoms with Gasteiger partial charge in [0.05, 0.1) is 0 Å².